The molecule has 0 fully saturated rings. The van der Waals surface area contributed by atoms with Crippen molar-refractivity contribution in [2.24, 2.45) is 4.99 Å². The van der Waals surface area contributed by atoms with Gasteiger partial charge in [0.15, 0.2) is 9.84 Å². The van der Waals surface area contributed by atoms with Gasteiger partial charge in [-0.3, -0.25) is 4.99 Å². The Morgan fingerprint density at radius 2 is 1.88 bits per heavy atom. The Morgan fingerprint density at radius 3 is 2.35 bits per heavy atom. The molecule has 0 spiro atoms. The molecule has 142 valence electrons. The molecule has 0 aliphatic carbocycles. The van der Waals surface area contributed by atoms with Crippen LogP contribution >= 0.6 is 0 Å². The predicted molar refractivity (Wildman–Crippen MR) is 97.5 cm³/mol. The molecule has 4 N–H and O–H groups in total. The molecular weight excluding hydrogens is 362 g/mol. The maximum absolute atomic E-state index is 11.7. The SMILES string of the molecule is Cc1ccc(S(C)(=O)=O)c(NCC2=NCCN2)c1.O=C(O)C=CC(=O)O. The van der Waals surface area contributed by atoms with Crippen molar-refractivity contribution in [3.05, 3.63) is 35.9 Å². The lowest BCUT2D eigenvalue weighted by Gasteiger charge is -2.12. The van der Waals surface area contributed by atoms with Gasteiger partial charge in [-0.05, 0) is 24.6 Å². The molecule has 0 radical (unpaired) electrons. The third kappa shape index (κ3) is 7.79. The number of amidine groups is 1. The predicted octanol–water partition coefficient (Wildman–Crippen LogP) is 0.524. The fourth-order valence-electron chi connectivity index (χ4n) is 1.99. The van der Waals surface area contributed by atoms with E-state index in [1.54, 1.807) is 12.1 Å². The number of hydrogen-bond donors (Lipinski definition) is 4. The first-order chi connectivity index (χ1) is 12.1. The van der Waals surface area contributed by atoms with E-state index in [0.29, 0.717) is 29.3 Å². The first kappa shape index (κ1) is 21.2. The summed E-state index contributed by atoms with van der Waals surface area (Å²) in [5, 5.41) is 21.9. The highest BCUT2D eigenvalue weighted by molar-refractivity contribution is 7.90. The van der Waals surface area contributed by atoms with E-state index in [1.165, 1.54) is 6.26 Å². The molecule has 0 amide bonds. The van der Waals surface area contributed by atoms with E-state index in [9.17, 15) is 18.0 Å². The summed E-state index contributed by atoms with van der Waals surface area (Å²) >= 11 is 0. The lowest BCUT2D eigenvalue weighted by molar-refractivity contribution is -0.134. The van der Waals surface area contributed by atoms with Crippen LogP contribution < -0.4 is 10.6 Å². The van der Waals surface area contributed by atoms with Gasteiger partial charge in [-0.2, -0.15) is 0 Å². The molecule has 0 saturated heterocycles. The monoisotopic (exact) mass is 383 g/mol. The van der Waals surface area contributed by atoms with Gasteiger partial charge in [0.2, 0.25) is 0 Å². The summed E-state index contributed by atoms with van der Waals surface area (Å²) < 4.78 is 23.4. The zero-order chi connectivity index (χ0) is 19.7. The number of rotatable bonds is 6. The van der Waals surface area contributed by atoms with Gasteiger partial charge in [0, 0.05) is 25.0 Å². The smallest absolute Gasteiger partial charge is 0.328 e. The number of nitrogens with zero attached hydrogens (tertiary/aromatic N) is 1. The fraction of sp³-hybridized carbons (Fsp3) is 0.312. The Labute approximate surface area is 151 Å². The lowest BCUT2D eigenvalue weighted by Crippen LogP contribution is -2.26. The van der Waals surface area contributed by atoms with Crippen molar-refractivity contribution in [3.8, 4) is 0 Å². The average molecular weight is 383 g/mol. The maximum Gasteiger partial charge on any atom is 0.328 e. The standard InChI is InChI=1S/C12H17N3O2S.C4H4O4/c1-9-3-4-11(18(2,16)17)10(7-9)15-8-12-13-5-6-14-12;5-3(6)1-2-4(7)8/h3-4,7,15H,5-6,8H2,1-2H3,(H,13,14);1-2H,(H,5,6)(H,7,8). The van der Waals surface area contributed by atoms with Crippen LogP contribution in [-0.4, -0.2) is 62.3 Å². The normalized spacial score (nSPS) is 13.4. The number of sulfone groups is 1. The summed E-state index contributed by atoms with van der Waals surface area (Å²) in [4.78, 5) is 23.7. The van der Waals surface area contributed by atoms with Gasteiger partial charge in [0.1, 0.15) is 5.84 Å². The number of aliphatic imine (C=N–C) groups is 1. The van der Waals surface area contributed by atoms with Gasteiger partial charge in [-0.15, -0.1) is 0 Å². The maximum atomic E-state index is 11.7. The van der Waals surface area contributed by atoms with Crippen LogP contribution in [0.5, 0.6) is 0 Å². The molecule has 2 rings (SSSR count). The molecule has 26 heavy (non-hydrogen) atoms. The minimum absolute atomic E-state index is 0.326. The molecule has 0 atom stereocenters. The van der Waals surface area contributed by atoms with Crippen LogP contribution in [0, 0.1) is 6.92 Å². The highest BCUT2D eigenvalue weighted by atomic mass is 32.2. The van der Waals surface area contributed by atoms with Crippen molar-refractivity contribution in [1.29, 1.82) is 0 Å². The van der Waals surface area contributed by atoms with Crippen LogP contribution in [0.15, 0.2) is 40.2 Å². The first-order valence-corrected chi connectivity index (χ1v) is 9.44. The molecule has 1 aliphatic heterocycles. The van der Waals surface area contributed by atoms with E-state index >= 15 is 0 Å². The van der Waals surface area contributed by atoms with Crippen LogP contribution in [0.1, 0.15) is 5.56 Å². The number of hydrogen-bond acceptors (Lipinski definition) is 7. The fourth-order valence-corrected chi connectivity index (χ4v) is 2.84. The molecule has 1 aliphatic rings. The minimum atomic E-state index is -3.22. The third-order valence-corrected chi connectivity index (χ3v) is 4.25. The Morgan fingerprint density at radius 1 is 1.27 bits per heavy atom. The molecular formula is C16H21N3O6S. The molecule has 9 nitrogen and oxygen atoms in total. The number of nitrogens with one attached hydrogen (secondary N) is 2. The van der Waals surface area contributed by atoms with Crippen LogP contribution in [-0.2, 0) is 19.4 Å². The Bertz CT molecular complexity index is 814. The second kappa shape index (κ2) is 9.56. The number of carboxylic acid groups (broad SMARTS) is 2. The number of aryl methyl sites for hydroxylation is 1. The van der Waals surface area contributed by atoms with Gasteiger partial charge in [-0.1, -0.05) is 6.07 Å². The van der Waals surface area contributed by atoms with Gasteiger partial charge in [0.05, 0.1) is 23.7 Å². The quantitative estimate of drug-likeness (QED) is 0.520. The van der Waals surface area contributed by atoms with E-state index in [4.69, 9.17) is 10.2 Å². The van der Waals surface area contributed by atoms with E-state index in [0.717, 1.165) is 24.5 Å². The lowest BCUT2D eigenvalue weighted by atomic mass is 10.2. The second-order valence-electron chi connectivity index (χ2n) is 5.39. The topological polar surface area (TPSA) is 145 Å². The number of benzene rings is 1. The Balaban J connectivity index is 0.000000359. The summed E-state index contributed by atoms with van der Waals surface area (Å²) in [6.07, 6.45) is 2.33. The van der Waals surface area contributed by atoms with Crippen molar-refractivity contribution in [2.45, 2.75) is 11.8 Å². The zero-order valence-electron chi connectivity index (χ0n) is 14.4. The van der Waals surface area contributed by atoms with Crippen molar-refractivity contribution < 1.29 is 28.2 Å². The van der Waals surface area contributed by atoms with Crippen molar-refractivity contribution in [1.82, 2.24) is 5.32 Å². The highest BCUT2D eigenvalue weighted by Crippen LogP contribution is 2.22. The van der Waals surface area contributed by atoms with Crippen LogP contribution in [0.3, 0.4) is 0 Å². The Hall–Kier alpha value is -2.88. The van der Waals surface area contributed by atoms with Crippen molar-refractivity contribution >= 4 is 33.3 Å². The summed E-state index contributed by atoms with van der Waals surface area (Å²) in [5.74, 6) is -1.64. The van der Waals surface area contributed by atoms with Crippen LogP contribution in [0.25, 0.3) is 0 Å². The Kier molecular flexibility index (Phi) is 7.78. The molecule has 1 heterocycles. The van der Waals surface area contributed by atoms with Crippen molar-refractivity contribution in [3.63, 3.8) is 0 Å². The molecule has 10 heteroatoms. The summed E-state index contributed by atoms with van der Waals surface area (Å²) in [6.45, 7) is 4.09. The minimum Gasteiger partial charge on any atom is -0.478 e. The number of anilines is 1. The van der Waals surface area contributed by atoms with Crippen LogP contribution in [0.4, 0.5) is 5.69 Å². The first-order valence-electron chi connectivity index (χ1n) is 7.55. The summed E-state index contributed by atoms with van der Waals surface area (Å²) in [5.41, 5.74) is 1.65. The van der Waals surface area contributed by atoms with E-state index < -0.39 is 21.8 Å². The number of carbonyl (C=O) groups is 2. The second-order valence-corrected chi connectivity index (χ2v) is 7.37. The molecule has 0 saturated carbocycles. The molecule has 1 aromatic rings. The van der Waals surface area contributed by atoms with Gasteiger partial charge in [0.25, 0.3) is 0 Å². The van der Waals surface area contributed by atoms with Gasteiger partial charge < -0.3 is 20.8 Å². The van der Waals surface area contributed by atoms with Gasteiger partial charge in [-0.25, -0.2) is 18.0 Å². The number of aliphatic carboxylic acids is 2. The average Bonchev–Trinajstić information content (AvgIpc) is 3.04. The van der Waals surface area contributed by atoms with E-state index in [1.807, 2.05) is 13.0 Å². The summed E-state index contributed by atoms with van der Waals surface area (Å²) in [7, 11) is -3.22. The van der Waals surface area contributed by atoms with Crippen molar-refractivity contribution in [2.75, 3.05) is 31.2 Å². The largest absolute Gasteiger partial charge is 0.478 e. The summed E-state index contributed by atoms with van der Waals surface area (Å²) in [6, 6.07) is 5.27. The van der Waals surface area contributed by atoms with E-state index in [2.05, 4.69) is 15.6 Å². The molecule has 1 aromatic carbocycles. The molecule has 0 bridgehead atoms. The van der Waals surface area contributed by atoms with E-state index in [-0.39, 0.29) is 0 Å². The third-order valence-electron chi connectivity index (χ3n) is 3.09. The highest BCUT2D eigenvalue weighted by Gasteiger charge is 2.14. The zero-order valence-corrected chi connectivity index (χ0v) is 15.2. The molecule has 0 unspecified atom stereocenters. The molecule has 0 aromatic heterocycles. The number of carboxylic acids is 2. The van der Waals surface area contributed by atoms with Gasteiger partial charge >= 0.3 is 11.9 Å². The van der Waals surface area contributed by atoms with Crippen LogP contribution in [0.2, 0.25) is 0 Å².